The molecule has 0 aliphatic carbocycles. The third-order valence-electron chi connectivity index (χ3n) is 7.53. The molecular formula is C36H40FN3O5. The topological polar surface area (TPSA) is 121 Å². The Hall–Kier alpha value is -4.60. The van der Waals surface area contributed by atoms with Gasteiger partial charge in [0.15, 0.2) is 0 Å². The Balaban J connectivity index is 1.77. The van der Waals surface area contributed by atoms with Crippen LogP contribution in [0.1, 0.15) is 62.0 Å². The molecule has 8 nitrogen and oxygen atoms in total. The summed E-state index contributed by atoms with van der Waals surface area (Å²) < 4.78 is 16.1. The Morgan fingerprint density at radius 2 is 1.49 bits per heavy atom. The van der Waals surface area contributed by atoms with Crippen LogP contribution in [0.2, 0.25) is 0 Å². The van der Waals surface area contributed by atoms with Crippen LogP contribution in [0.25, 0.3) is 22.4 Å². The van der Waals surface area contributed by atoms with Crippen LogP contribution in [-0.2, 0) is 16.1 Å². The lowest BCUT2D eigenvalue weighted by Crippen LogP contribution is -2.36. The van der Waals surface area contributed by atoms with Crippen molar-refractivity contribution in [2.24, 2.45) is 0 Å². The van der Waals surface area contributed by atoms with Crippen LogP contribution in [0.15, 0.2) is 84.9 Å². The van der Waals surface area contributed by atoms with E-state index in [9.17, 15) is 29.0 Å². The third-order valence-corrected chi connectivity index (χ3v) is 7.53. The molecule has 3 atom stereocenters. The molecule has 9 heteroatoms. The number of hydrogen-bond donors (Lipinski definition) is 4. The zero-order valence-corrected chi connectivity index (χ0v) is 25.7. The number of anilines is 1. The van der Waals surface area contributed by atoms with E-state index in [1.165, 1.54) is 19.1 Å². The first kappa shape index (κ1) is 33.3. The fourth-order valence-corrected chi connectivity index (χ4v) is 5.56. The first-order valence-electron chi connectivity index (χ1n) is 15.1. The second-order valence-corrected chi connectivity index (χ2v) is 11.5. The maximum absolute atomic E-state index is 14.1. The van der Waals surface area contributed by atoms with Crippen LogP contribution in [0.5, 0.6) is 0 Å². The standard InChI is InChI=1S/C36H40FN3O5/c1-23(2)34-33(36(45)39-28-12-8-5-9-13-28)32(25-10-6-4-7-11-25)35(26-14-16-27(37)17-15-26)40(34)19-18-29(42)20-30(43)21-31(44)38-24(3)22-41/h4-17,22-24,29-30,42-43H,18-21H2,1-3H3,(H,38,44)(H,39,45)/t24-,29+,30+/m0/s1. The molecule has 0 fully saturated rings. The normalized spacial score (nSPS) is 13.2. The van der Waals surface area contributed by atoms with Crippen molar-refractivity contribution in [1.29, 1.82) is 0 Å². The molecular weight excluding hydrogens is 573 g/mol. The van der Waals surface area contributed by atoms with Gasteiger partial charge in [-0.3, -0.25) is 9.59 Å². The van der Waals surface area contributed by atoms with Crippen molar-refractivity contribution >= 4 is 23.8 Å². The van der Waals surface area contributed by atoms with E-state index in [2.05, 4.69) is 10.6 Å². The Kier molecular flexibility index (Phi) is 11.4. The average Bonchev–Trinajstić information content (AvgIpc) is 3.36. The number of rotatable bonds is 14. The average molecular weight is 614 g/mol. The summed E-state index contributed by atoms with van der Waals surface area (Å²) in [5.41, 5.74) is 4.77. The van der Waals surface area contributed by atoms with E-state index >= 15 is 0 Å². The number of aliphatic hydroxyl groups is 2. The van der Waals surface area contributed by atoms with E-state index in [0.29, 0.717) is 34.4 Å². The number of amides is 2. The Morgan fingerprint density at radius 3 is 2.09 bits per heavy atom. The van der Waals surface area contributed by atoms with Crippen LogP contribution < -0.4 is 10.6 Å². The predicted molar refractivity (Wildman–Crippen MR) is 173 cm³/mol. The van der Waals surface area contributed by atoms with Crippen molar-refractivity contribution in [3.05, 3.63) is 102 Å². The van der Waals surface area contributed by atoms with Gasteiger partial charge in [-0.1, -0.05) is 62.4 Å². The van der Waals surface area contributed by atoms with Crippen LogP contribution in [-0.4, -0.2) is 51.1 Å². The van der Waals surface area contributed by atoms with Crippen molar-refractivity contribution < 1.29 is 29.0 Å². The number of carbonyl (C=O) groups is 3. The zero-order chi connectivity index (χ0) is 32.5. The monoisotopic (exact) mass is 613 g/mol. The highest BCUT2D eigenvalue weighted by atomic mass is 19.1. The van der Waals surface area contributed by atoms with E-state index in [-0.39, 0.29) is 43.4 Å². The quantitative estimate of drug-likeness (QED) is 0.131. The maximum Gasteiger partial charge on any atom is 0.258 e. The lowest BCUT2D eigenvalue weighted by atomic mass is 9.94. The minimum atomic E-state index is -1.11. The summed E-state index contributed by atoms with van der Waals surface area (Å²) in [5.74, 6) is -1.29. The van der Waals surface area contributed by atoms with Gasteiger partial charge in [0.1, 0.15) is 12.1 Å². The highest BCUT2D eigenvalue weighted by Gasteiger charge is 2.31. The molecule has 0 bridgehead atoms. The van der Waals surface area contributed by atoms with Gasteiger partial charge in [0.25, 0.3) is 5.91 Å². The second-order valence-electron chi connectivity index (χ2n) is 11.5. The fourth-order valence-electron chi connectivity index (χ4n) is 5.56. The van der Waals surface area contributed by atoms with Gasteiger partial charge in [0.05, 0.1) is 35.9 Å². The molecule has 4 rings (SSSR count). The largest absolute Gasteiger partial charge is 0.393 e. The van der Waals surface area contributed by atoms with E-state index in [0.717, 1.165) is 11.3 Å². The molecule has 45 heavy (non-hydrogen) atoms. The minimum Gasteiger partial charge on any atom is -0.393 e. The molecule has 0 saturated heterocycles. The van der Waals surface area contributed by atoms with Gasteiger partial charge in [-0.25, -0.2) is 4.39 Å². The molecule has 0 aliphatic rings. The van der Waals surface area contributed by atoms with Gasteiger partial charge in [-0.05, 0) is 73.2 Å². The number of halogens is 1. The predicted octanol–water partition coefficient (Wildman–Crippen LogP) is 5.93. The van der Waals surface area contributed by atoms with Gasteiger partial charge in [0.2, 0.25) is 5.91 Å². The summed E-state index contributed by atoms with van der Waals surface area (Å²) in [6, 6.07) is 24.2. The van der Waals surface area contributed by atoms with Gasteiger partial charge >= 0.3 is 0 Å². The highest BCUT2D eigenvalue weighted by Crippen LogP contribution is 2.42. The molecule has 0 unspecified atom stereocenters. The zero-order valence-electron chi connectivity index (χ0n) is 25.7. The van der Waals surface area contributed by atoms with Crippen molar-refractivity contribution in [3.8, 4) is 22.4 Å². The number of aromatic nitrogens is 1. The number of aliphatic hydroxyl groups excluding tert-OH is 2. The second kappa shape index (κ2) is 15.4. The first-order chi connectivity index (χ1) is 21.6. The summed E-state index contributed by atoms with van der Waals surface area (Å²) in [7, 11) is 0. The summed E-state index contributed by atoms with van der Waals surface area (Å²) in [4.78, 5) is 37.1. The number of carbonyl (C=O) groups excluding carboxylic acids is 3. The van der Waals surface area contributed by atoms with Gasteiger partial charge < -0.3 is 30.2 Å². The van der Waals surface area contributed by atoms with E-state index < -0.39 is 24.2 Å². The Labute approximate surface area is 262 Å². The summed E-state index contributed by atoms with van der Waals surface area (Å²) in [6.07, 6.45) is -1.59. The third kappa shape index (κ3) is 8.53. The first-order valence-corrected chi connectivity index (χ1v) is 15.1. The Morgan fingerprint density at radius 1 is 0.867 bits per heavy atom. The summed E-state index contributed by atoms with van der Waals surface area (Å²) in [6.45, 7) is 5.80. The SMILES string of the molecule is CC(C)c1c(C(=O)Nc2ccccc2)c(-c2ccccc2)c(-c2ccc(F)cc2)n1CC[C@@H](O)C[C@@H](O)CC(=O)N[C@@H](C)C=O. The highest BCUT2D eigenvalue weighted by molar-refractivity contribution is 6.12. The molecule has 2 amide bonds. The smallest absolute Gasteiger partial charge is 0.258 e. The fraction of sp³-hybridized carbons (Fsp3) is 0.306. The lowest BCUT2D eigenvalue weighted by Gasteiger charge is -2.20. The van der Waals surface area contributed by atoms with E-state index in [1.54, 1.807) is 12.1 Å². The van der Waals surface area contributed by atoms with Gasteiger partial charge in [-0.2, -0.15) is 0 Å². The Bertz CT molecular complexity index is 1590. The van der Waals surface area contributed by atoms with Gasteiger partial charge in [0, 0.05) is 23.5 Å². The van der Waals surface area contributed by atoms with Crippen molar-refractivity contribution in [2.45, 2.75) is 70.7 Å². The number of aldehydes is 1. The van der Waals surface area contributed by atoms with Crippen molar-refractivity contribution in [3.63, 3.8) is 0 Å². The number of hydrogen-bond acceptors (Lipinski definition) is 5. The summed E-state index contributed by atoms with van der Waals surface area (Å²) >= 11 is 0. The van der Waals surface area contributed by atoms with Crippen LogP contribution in [0, 0.1) is 5.82 Å². The van der Waals surface area contributed by atoms with E-state index in [1.807, 2.05) is 79.1 Å². The minimum absolute atomic E-state index is 0.0556. The summed E-state index contributed by atoms with van der Waals surface area (Å²) in [5, 5.41) is 26.9. The number of nitrogens with zero attached hydrogens (tertiary/aromatic N) is 1. The molecule has 3 aromatic carbocycles. The maximum atomic E-state index is 14.1. The van der Waals surface area contributed by atoms with Gasteiger partial charge in [-0.15, -0.1) is 0 Å². The molecule has 1 aromatic heterocycles. The molecule has 0 spiro atoms. The van der Waals surface area contributed by atoms with Crippen molar-refractivity contribution in [1.82, 2.24) is 9.88 Å². The van der Waals surface area contributed by atoms with Crippen LogP contribution >= 0.6 is 0 Å². The number of benzene rings is 3. The molecule has 0 radical (unpaired) electrons. The molecule has 4 N–H and O–H groups in total. The van der Waals surface area contributed by atoms with Crippen molar-refractivity contribution in [2.75, 3.05) is 5.32 Å². The molecule has 0 saturated carbocycles. The number of para-hydroxylation sites is 1. The molecule has 4 aromatic rings. The van der Waals surface area contributed by atoms with Crippen LogP contribution in [0.4, 0.5) is 10.1 Å². The molecule has 0 aliphatic heterocycles. The number of nitrogens with one attached hydrogen (secondary N) is 2. The van der Waals surface area contributed by atoms with E-state index in [4.69, 9.17) is 0 Å². The lowest BCUT2D eigenvalue weighted by molar-refractivity contribution is -0.125. The van der Waals surface area contributed by atoms with Crippen LogP contribution in [0.3, 0.4) is 0 Å². The molecule has 1 heterocycles. The molecule has 236 valence electrons.